The van der Waals surface area contributed by atoms with Gasteiger partial charge >= 0.3 is 19.8 Å². The van der Waals surface area contributed by atoms with Crippen LogP contribution in [0.15, 0.2) is 0 Å². The van der Waals surface area contributed by atoms with Crippen molar-refractivity contribution in [3.63, 3.8) is 0 Å². The lowest BCUT2D eigenvalue weighted by atomic mass is 10.0. The van der Waals surface area contributed by atoms with Gasteiger partial charge in [-0.1, -0.05) is 175 Å². The van der Waals surface area contributed by atoms with Crippen molar-refractivity contribution >= 4 is 19.8 Å². The van der Waals surface area contributed by atoms with Gasteiger partial charge in [0.1, 0.15) is 6.61 Å². The van der Waals surface area contributed by atoms with Crippen LogP contribution in [-0.2, 0) is 32.7 Å². The van der Waals surface area contributed by atoms with Gasteiger partial charge in [-0.05, 0) is 19.3 Å². The third-order valence-electron chi connectivity index (χ3n) is 8.58. The largest absolute Gasteiger partial charge is 0.472 e. The fourth-order valence-electron chi connectivity index (χ4n) is 5.61. The Morgan fingerprint density at radius 2 is 0.851 bits per heavy atom. The van der Waals surface area contributed by atoms with E-state index in [9.17, 15) is 19.0 Å². The van der Waals surface area contributed by atoms with Crippen LogP contribution in [0.5, 0.6) is 0 Å². The van der Waals surface area contributed by atoms with Crippen molar-refractivity contribution < 1.29 is 37.6 Å². The highest BCUT2D eigenvalue weighted by molar-refractivity contribution is 7.47. The molecule has 2 atom stereocenters. The van der Waals surface area contributed by atoms with Crippen molar-refractivity contribution in [2.45, 2.75) is 213 Å². The maximum Gasteiger partial charge on any atom is 0.472 e. The van der Waals surface area contributed by atoms with E-state index in [2.05, 4.69) is 13.8 Å². The number of phosphoric ester groups is 1. The highest BCUT2D eigenvalue weighted by atomic mass is 31.2. The van der Waals surface area contributed by atoms with Crippen LogP contribution < -0.4 is 0 Å². The molecule has 0 heterocycles. The molecule has 2 unspecified atom stereocenters. The summed E-state index contributed by atoms with van der Waals surface area (Å²) in [6.07, 6.45) is 32.0. The predicted molar refractivity (Wildman–Crippen MR) is 193 cm³/mol. The van der Waals surface area contributed by atoms with E-state index in [1.165, 1.54) is 128 Å². The van der Waals surface area contributed by atoms with Gasteiger partial charge in [0, 0.05) is 12.8 Å². The Balaban J connectivity index is 4.18. The van der Waals surface area contributed by atoms with E-state index < -0.39 is 19.9 Å². The third-order valence-corrected chi connectivity index (χ3v) is 9.56. The summed E-state index contributed by atoms with van der Waals surface area (Å²) >= 11 is 0. The molecule has 8 nitrogen and oxygen atoms in total. The van der Waals surface area contributed by atoms with Gasteiger partial charge in [0.05, 0.1) is 13.2 Å². The van der Waals surface area contributed by atoms with E-state index in [1.54, 1.807) is 0 Å². The zero-order valence-electron chi connectivity index (χ0n) is 31.0. The molecule has 280 valence electrons. The SMILES string of the molecule is CCCCCCCCCCCCCCCC(=O)OCC(COP(=O)(O)OCCC)OC(=O)CCCCCCCCCCCCCCC. The van der Waals surface area contributed by atoms with E-state index in [0.29, 0.717) is 12.8 Å². The molecule has 0 bridgehead atoms. The smallest absolute Gasteiger partial charge is 0.462 e. The number of esters is 2. The summed E-state index contributed by atoms with van der Waals surface area (Å²) in [5.74, 6) is -0.781. The summed E-state index contributed by atoms with van der Waals surface area (Å²) in [5.41, 5.74) is 0. The molecule has 0 aliphatic rings. The Bertz CT molecular complexity index is 747. The maximum absolute atomic E-state index is 12.5. The molecule has 0 spiro atoms. The Hall–Kier alpha value is -0.950. The molecule has 0 saturated carbocycles. The van der Waals surface area contributed by atoms with Gasteiger partial charge in [-0.25, -0.2) is 4.57 Å². The zero-order valence-corrected chi connectivity index (χ0v) is 31.9. The lowest BCUT2D eigenvalue weighted by Crippen LogP contribution is -2.29. The third kappa shape index (κ3) is 34.7. The first-order chi connectivity index (χ1) is 22.8. The second kappa shape index (κ2) is 34.9. The number of hydrogen-bond donors (Lipinski definition) is 1. The van der Waals surface area contributed by atoms with Crippen LogP contribution in [0, 0.1) is 0 Å². The molecule has 1 N–H and O–H groups in total. The number of rotatable bonds is 37. The van der Waals surface area contributed by atoms with Crippen molar-refractivity contribution in [3.05, 3.63) is 0 Å². The lowest BCUT2D eigenvalue weighted by molar-refractivity contribution is -0.161. The molecule has 0 fully saturated rings. The molecular formula is C38H75O8P. The summed E-state index contributed by atoms with van der Waals surface area (Å²) in [6, 6.07) is 0. The highest BCUT2D eigenvalue weighted by Gasteiger charge is 2.25. The van der Waals surface area contributed by atoms with E-state index in [4.69, 9.17) is 18.5 Å². The minimum absolute atomic E-state index is 0.0748. The van der Waals surface area contributed by atoms with E-state index in [-0.39, 0.29) is 32.2 Å². The second-order valence-electron chi connectivity index (χ2n) is 13.4. The molecular weight excluding hydrogens is 615 g/mol. The highest BCUT2D eigenvalue weighted by Crippen LogP contribution is 2.43. The Kier molecular flexibility index (Phi) is 34.2. The van der Waals surface area contributed by atoms with Crippen LogP contribution in [0.4, 0.5) is 0 Å². The van der Waals surface area contributed by atoms with Gasteiger partial charge in [0.15, 0.2) is 6.10 Å². The lowest BCUT2D eigenvalue weighted by Gasteiger charge is -2.20. The van der Waals surface area contributed by atoms with E-state index in [1.807, 2.05) is 6.92 Å². The first kappa shape index (κ1) is 46.0. The molecule has 0 saturated heterocycles. The minimum atomic E-state index is -4.28. The molecule has 0 aromatic heterocycles. The molecule has 0 radical (unpaired) electrons. The number of ether oxygens (including phenoxy) is 2. The van der Waals surface area contributed by atoms with Crippen molar-refractivity contribution in [1.82, 2.24) is 0 Å². The number of unbranched alkanes of at least 4 members (excludes halogenated alkanes) is 24. The van der Waals surface area contributed by atoms with Gasteiger partial charge in [0.2, 0.25) is 0 Å². The van der Waals surface area contributed by atoms with Gasteiger partial charge in [0.25, 0.3) is 0 Å². The predicted octanol–water partition coefficient (Wildman–Crippen LogP) is 11.9. The summed E-state index contributed by atoms with van der Waals surface area (Å²) in [6.45, 7) is 5.80. The first-order valence-electron chi connectivity index (χ1n) is 19.8. The fraction of sp³-hybridized carbons (Fsp3) is 0.947. The molecule has 0 rings (SSSR count). The van der Waals surface area contributed by atoms with Crippen molar-refractivity contribution in [3.8, 4) is 0 Å². The Labute approximate surface area is 289 Å². The quantitative estimate of drug-likeness (QED) is 0.0390. The van der Waals surface area contributed by atoms with Gasteiger partial charge in [-0.3, -0.25) is 18.6 Å². The standard InChI is InChI=1S/C38H75O8P/c1-4-7-9-11-13-15-17-19-21-23-25-27-29-31-37(39)43-34-36(35-45-47(41,42)44-33-6-3)46-38(40)32-30-28-26-24-22-20-18-16-14-12-10-8-5-2/h36H,4-35H2,1-3H3,(H,41,42). The van der Waals surface area contributed by atoms with Crippen LogP contribution in [0.3, 0.4) is 0 Å². The summed E-state index contributed by atoms with van der Waals surface area (Å²) in [4.78, 5) is 34.8. The Morgan fingerprint density at radius 3 is 1.23 bits per heavy atom. The maximum atomic E-state index is 12.5. The average molecular weight is 691 g/mol. The van der Waals surface area contributed by atoms with Crippen LogP contribution in [0.1, 0.15) is 207 Å². The van der Waals surface area contributed by atoms with E-state index >= 15 is 0 Å². The van der Waals surface area contributed by atoms with E-state index in [0.717, 1.165) is 38.5 Å². The first-order valence-corrected chi connectivity index (χ1v) is 21.3. The van der Waals surface area contributed by atoms with Gasteiger partial charge in [-0.15, -0.1) is 0 Å². The molecule has 0 aliphatic carbocycles. The van der Waals surface area contributed by atoms with Crippen molar-refractivity contribution in [1.29, 1.82) is 0 Å². The number of hydrogen-bond acceptors (Lipinski definition) is 7. The van der Waals surface area contributed by atoms with Crippen molar-refractivity contribution in [2.24, 2.45) is 0 Å². The molecule has 9 heteroatoms. The number of carbonyl (C=O) groups is 2. The molecule has 0 amide bonds. The molecule has 0 aromatic carbocycles. The summed E-state index contributed by atoms with van der Waals surface area (Å²) in [7, 11) is -4.28. The molecule has 0 aromatic rings. The normalized spacial score (nSPS) is 13.4. The summed E-state index contributed by atoms with van der Waals surface area (Å²) < 4.78 is 32.9. The van der Waals surface area contributed by atoms with Gasteiger partial charge in [-0.2, -0.15) is 0 Å². The monoisotopic (exact) mass is 691 g/mol. The van der Waals surface area contributed by atoms with Crippen LogP contribution in [0.25, 0.3) is 0 Å². The number of phosphoric acid groups is 1. The summed E-state index contributed by atoms with van der Waals surface area (Å²) in [5, 5.41) is 0. The number of carbonyl (C=O) groups excluding carboxylic acids is 2. The van der Waals surface area contributed by atoms with Gasteiger partial charge < -0.3 is 14.4 Å². The second-order valence-corrected chi connectivity index (χ2v) is 14.8. The van der Waals surface area contributed by atoms with Crippen LogP contribution >= 0.6 is 7.82 Å². The minimum Gasteiger partial charge on any atom is -0.462 e. The molecule has 0 aliphatic heterocycles. The fourth-order valence-corrected chi connectivity index (χ4v) is 6.46. The topological polar surface area (TPSA) is 108 Å². The Morgan fingerprint density at radius 1 is 0.489 bits per heavy atom. The van der Waals surface area contributed by atoms with Crippen molar-refractivity contribution in [2.75, 3.05) is 19.8 Å². The molecule has 47 heavy (non-hydrogen) atoms. The average Bonchev–Trinajstić information content (AvgIpc) is 3.05. The van der Waals surface area contributed by atoms with Crippen LogP contribution in [0.2, 0.25) is 0 Å². The van der Waals surface area contributed by atoms with Crippen LogP contribution in [-0.4, -0.2) is 42.8 Å². The zero-order chi connectivity index (χ0) is 34.7.